The molecule has 0 aliphatic carbocycles. The number of hydrogen-bond donors (Lipinski definition) is 2. The van der Waals surface area contributed by atoms with Crippen LogP contribution in [0.25, 0.3) is 0 Å². The van der Waals surface area contributed by atoms with Gasteiger partial charge in [0.1, 0.15) is 0 Å². The lowest BCUT2D eigenvalue weighted by molar-refractivity contribution is 0.581. The van der Waals surface area contributed by atoms with E-state index in [9.17, 15) is 8.42 Å². The van der Waals surface area contributed by atoms with Gasteiger partial charge in [-0.1, -0.05) is 36.4 Å². The van der Waals surface area contributed by atoms with Crippen molar-refractivity contribution < 1.29 is 8.42 Å². The van der Waals surface area contributed by atoms with Crippen LogP contribution in [-0.4, -0.2) is 15.0 Å². The van der Waals surface area contributed by atoms with Gasteiger partial charge in [0.15, 0.2) is 0 Å². The smallest absolute Gasteiger partial charge is 0.240 e. The fourth-order valence-electron chi connectivity index (χ4n) is 1.84. The van der Waals surface area contributed by atoms with E-state index in [0.29, 0.717) is 18.7 Å². The molecule has 0 bridgehead atoms. The Kier molecular flexibility index (Phi) is 4.42. The largest absolute Gasteiger partial charge is 0.398 e. The van der Waals surface area contributed by atoms with Crippen LogP contribution in [-0.2, 0) is 16.4 Å². The molecule has 0 amide bonds. The Balaban J connectivity index is 2.02. The molecule has 0 heterocycles. The molecular weight excluding hydrogens is 272 g/mol. The highest BCUT2D eigenvalue weighted by atomic mass is 32.2. The quantitative estimate of drug-likeness (QED) is 0.828. The minimum atomic E-state index is -3.50. The zero-order valence-electron chi connectivity index (χ0n) is 11.3. The van der Waals surface area contributed by atoms with E-state index in [4.69, 9.17) is 5.73 Å². The summed E-state index contributed by atoms with van der Waals surface area (Å²) in [6.45, 7) is 2.20. The van der Waals surface area contributed by atoms with Gasteiger partial charge in [0, 0.05) is 12.2 Å². The van der Waals surface area contributed by atoms with E-state index < -0.39 is 10.0 Å². The lowest BCUT2D eigenvalue weighted by Gasteiger charge is -2.08. The highest BCUT2D eigenvalue weighted by Gasteiger charge is 2.14. The van der Waals surface area contributed by atoms with Crippen LogP contribution in [0, 0.1) is 6.92 Å². The van der Waals surface area contributed by atoms with E-state index in [0.717, 1.165) is 11.1 Å². The van der Waals surface area contributed by atoms with Gasteiger partial charge in [0.2, 0.25) is 10.0 Å². The predicted octanol–water partition coefficient (Wildman–Crippen LogP) is 2.10. The third kappa shape index (κ3) is 3.59. The maximum atomic E-state index is 12.1. The number of nitrogens with one attached hydrogen (secondary N) is 1. The summed E-state index contributed by atoms with van der Waals surface area (Å²) >= 11 is 0. The minimum Gasteiger partial charge on any atom is -0.398 e. The number of hydrogen-bond acceptors (Lipinski definition) is 3. The lowest BCUT2D eigenvalue weighted by Crippen LogP contribution is -2.26. The molecule has 0 unspecified atom stereocenters. The van der Waals surface area contributed by atoms with Crippen molar-refractivity contribution in [3.63, 3.8) is 0 Å². The molecule has 2 rings (SSSR count). The summed E-state index contributed by atoms with van der Waals surface area (Å²) in [6, 6.07) is 14.5. The fraction of sp³-hybridized carbons (Fsp3) is 0.200. The number of nitrogen functional groups attached to an aromatic ring is 1. The van der Waals surface area contributed by atoms with Gasteiger partial charge < -0.3 is 5.73 Å². The molecule has 0 aliphatic heterocycles. The molecule has 0 atom stereocenters. The molecule has 2 aromatic rings. The number of rotatable bonds is 5. The van der Waals surface area contributed by atoms with Gasteiger partial charge in [-0.05, 0) is 36.6 Å². The zero-order valence-corrected chi connectivity index (χ0v) is 12.2. The van der Waals surface area contributed by atoms with E-state index in [1.807, 2.05) is 37.3 Å². The molecule has 0 fully saturated rings. The van der Waals surface area contributed by atoms with Crippen molar-refractivity contribution in [2.45, 2.75) is 18.2 Å². The molecule has 0 spiro atoms. The molecule has 4 nitrogen and oxygen atoms in total. The van der Waals surface area contributed by atoms with Crippen molar-refractivity contribution in [1.29, 1.82) is 0 Å². The van der Waals surface area contributed by atoms with Gasteiger partial charge in [-0.25, -0.2) is 13.1 Å². The first-order valence-electron chi connectivity index (χ1n) is 6.39. The second-order valence-corrected chi connectivity index (χ2v) is 6.42. The number of benzene rings is 2. The van der Waals surface area contributed by atoms with Gasteiger partial charge in [0.25, 0.3) is 0 Å². The number of sulfonamides is 1. The van der Waals surface area contributed by atoms with Crippen LogP contribution >= 0.6 is 0 Å². The molecule has 0 aromatic heterocycles. The van der Waals surface area contributed by atoms with Crippen molar-refractivity contribution in [3.8, 4) is 0 Å². The van der Waals surface area contributed by atoms with Crippen molar-refractivity contribution in [3.05, 3.63) is 59.7 Å². The van der Waals surface area contributed by atoms with Crippen LogP contribution in [0.4, 0.5) is 5.69 Å². The summed E-state index contributed by atoms with van der Waals surface area (Å²) < 4.78 is 26.8. The van der Waals surface area contributed by atoms with Gasteiger partial charge >= 0.3 is 0 Å². The molecule has 0 saturated heterocycles. The normalized spacial score (nSPS) is 11.4. The van der Waals surface area contributed by atoms with Crippen LogP contribution in [0.15, 0.2) is 53.4 Å². The summed E-state index contributed by atoms with van der Waals surface area (Å²) in [6.07, 6.45) is 0.654. The molecule has 0 radical (unpaired) electrons. The van der Waals surface area contributed by atoms with E-state index in [2.05, 4.69) is 4.72 Å². The molecule has 0 saturated carbocycles. The van der Waals surface area contributed by atoms with E-state index in [1.165, 1.54) is 6.07 Å². The maximum absolute atomic E-state index is 12.1. The van der Waals surface area contributed by atoms with Gasteiger partial charge in [-0.3, -0.25) is 0 Å². The highest BCUT2D eigenvalue weighted by molar-refractivity contribution is 7.89. The Bertz CT molecular complexity index is 682. The SMILES string of the molecule is Cc1ccc(S(=O)(=O)NCCc2ccccc2)cc1N. The summed E-state index contributed by atoms with van der Waals surface area (Å²) in [4.78, 5) is 0.202. The predicted molar refractivity (Wildman–Crippen MR) is 80.9 cm³/mol. The zero-order chi connectivity index (χ0) is 14.6. The fourth-order valence-corrected chi connectivity index (χ4v) is 2.91. The van der Waals surface area contributed by atoms with E-state index in [1.54, 1.807) is 12.1 Å². The van der Waals surface area contributed by atoms with Crippen molar-refractivity contribution >= 4 is 15.7 Å². The Morgan fingerprint density at radius 3 is 2.45 bits per heavy atom. The van der Waals surface area contributed by atoms with Crippen molar-refractivity contribution in [2.75, 3.05) is 12.3 Å². The highest BCUT2D eigenvalue weighted by Crippen LogP contribution is 2.16. The summed E-state index contributed by atoms with van der Waals surface area (Å²) in [5, 5.41) is 0. The first-order chi connectivity index (χ1) is 9.49. The summed E-state index contributed by atoms with van der Waals surface area (Å²) in [7, 11) is -3.50. The Hall–Kier alpha value is -1.85. The minimum absolute atomic E-state index is 0.202. The molecule has 106 valence electrons. The van der Waals surface area contributed by atoms with E-state index >= 15 is 0 Å². The Labute approximate surface area is 119 Å². The van der Waals surface area contributed by atoms with Crippen molar-refractivity contribution in [2.24, 2.45) is 0 Å². The Morgan fingerprint density at radius 1 is 1.10 bits per heavy atom. The average molecular weight is 290 g/mol. The summed E-state index contributed by atoms with van der Waals surface area (Å²) in [5.41, 5.74) is 8.19. The molecule has 3 N–H and O–H groups in total. The number of aryl methyl sites for hydroxylation is 1. The van der Waals surface area contributed by atoms with Crippen LogP contribution in [0.2, 0.25) is 0 Å². The van der Waals surface area contributed by atoms with E-state index in [-0.39, 0.29) is 4.90 Å². The number of anilines is 1. The van der Waals surface area contributed by atoms with Crippen LogP contribution in [0.1, 0.15) is 11.1 Å². The third-order valence-corrected chi connectivity index (χ3v) is 4.57. The topological polar surface area (TPSA) is 72.2 Å². The first-order valence-corrected chi connectivity index (χ1v) is 7.87. The molecule has 2 aromatic carbocycles. The van der Waals surface area contributed by atoms with Crippen LogP contribution < -0.4 is 10.5 Å². The lowest BCUT2D eigenvalue weighted by atomic mass is 10.2. The number of nitrogens with two attached hydrogens (primary N) is 1. The Morgan fingerprint density at radius 2 is 1.80 bits per heavy atom. The van der Waals surface area contributed by atoms with Crippen molar-refractivity contribution in [1.82, 2.24) is 4.72 Å². The standard InChI is InChI=1S/C15H18N2O2S/c1-12-7-8-14(11-15(12)16)20(18,19)17-10-9-13-5-3-2-4-6-13/h2-8,11,17H,9-10,16H2,1H3. The van der Waals surface area contributed by atoms with Gasteiger partial charge in [-0.2, -0.15) is 0 Å². The maximum Gasteiger partial charge on any atom is 0.240 e. The molecule has 20 heavy (non-hydrogen) atoms. The van der Waals surface area contributed by atoms with Crippen LogP contribution in [0.5, 0.6) is 0 Å². The molecular formula is C15H18N2O2S. The van der Waals surface area contributed by atoms with Gasteiger partial charge in [-0.15, -0.1) is 0 Å². The van der Waals surface area contributed by atoms with Crippen LogP contribution in [0.3, 0.4) is 0 Å². The third-order valence-electron chi connectivity index (χ3n) is 3.11. The first kappa shape index (κ1) is 14.6. The molecule has 5 heteroatoms. The molecule has 0 aliphatic rings. The van der Waals surface area contributed by atoms with Gasteiger partial charge in [0.05, 0.1) is 4.90 Å². The monoisotopic (exact) mass is 290 g/mol. The summed E-state index contributed by atoms with van der Waals surface area (Å²) in [5.74, 6) is 0. The average Bonchev–Trinajstić information content (AvgIpc) is 2.43. The second-order valence-electron chi connectivity index (χ2n) is 4.65. The second kappa shape index (κ2) is 6.07.